The zero-order valence-electron chi connectivity index (χ0n) is 12.9. The number of fused-ring (bicyclic) bond motifs is 2. The van der Waals surface area contributed by atoms with Gasteiger partial charge in [0.1, 0.15) is 0 Å². The van der Waals surface area contributed by atoms with Crippen LogP contribution in [0.15, 0.2) is 12.2 Å². The van der Waals surface area contributed by atoms with Crippen LogP contribution in [0.1, 0.15) is 59.3 Å². The Morgan fingerprint density at radius 2 is 1.70 bits per heavy atom. The Hall–Kier alpha value is -0.380. The van der Waals surface area contributed by atoms with E-state index in [1.54, 1.807) is 0 Å². The summed E-state index contributed by atoms with van der Waals surface area (Å²) in [5.41, 5.74) is -1.38. The number of epoxide rings is 1. The van der Waals surface area contributed by atoms with E-state index in [4.69, 9.17) is 4.74 Å². The van der Waals surface area contributed by atoms with Crippen LogP contribution in [0.4, 0.5) is 0 Å². The van der Waals surface area contributed by atoms with Crippen LogP contribution in [0, 0.1) is 11.8 Å². The van der Waals surface area contributed by atoms with Gasteiger partial charge in [-0.2, -0.15) is 0 Å². The molecule has 114 valence electrons. The normalized spacial score (nSPS) is 57.4. The van der Waals surface area contributed by atoms with Gasteiger partial charge in [0, 0.05) is 5.92 Å². The lowest BCUT2D eigenvalue weighted by Crippen LogP contribution is -2.41. The highest BCUT2D eigenvalue weighted by atomic mass is 16.6. The molecule has 2 N–H and O–H groups in total. The fourth-order valence-corrected chi connectivity index (χ4v) is 4.36. The van der Waals surface area contributed by atoms with Crippen LogP contribution in [0.2, 0.25) is 0 Å². The minimum atomic E-state index is -0.716. The van der Waals surface area contributed by atoms with Crippen LogP contribution < -0.4 is 0 Å². The molecule has 0 aromatic rings. The van der Waals surface area contributed by atoms with Crippen molar-refractivity contribution in [1.82, 2.24) is 0 Å². The SMILES string of the molecule is C[C@@]12CC/C=C/[C@H]3[C@@H](CC[C@@]3(C)O)[C@](C)(O)CC[C@H]1O2. The quantitative estimate of drug-likeness (QED) is 0.530. The van der Waals surface area contributed by atoms with Crippen molar-refractivity contribution in [3.05, 3.63) is 12.2 Å². The number of rotatable bonds is 0. The van der Waals surface area contributed by atoms with Crippen LogP contribution in [0.25, 0.3) is 0 Å². The van der Waals surface area contributed by atoms with Crippen LogP contribution in [-0.2, 0) is 4.74 Å². The molecule has 0 bridgehead atoms. The lowest BCUT2D eigenvalue weighted by atomic mass is 9.75. The minimum Gasteiger partial charge on any atom is -0.390 e. The van der Waals surface area contributed by atoms with Crippen molar-refractivity contribution in [1.29, 1.82) is 0 Å². The monoisotopic (exact) mass is 280 g/mol. The maximum absolute atomic E-state index is 10.9. The number of hydrogen-bond acceptors (Lipinski definition) is 3. The molecule has 0 spiro atoms. The Morgan fingerprint density at radius 3 is 2.45 bits per heavy atom. The van der Waals surface area contributed by atoms with Crippen molar-refractivity contribution in [3.63, 3.8) is 0 Å². The van der Waals surface area contributed by atoms with E-state index in [9.17, 15) is 10.2 Å². The summed E-state index contributed by atoms with van der Waals surface area (Å²) < 4.78 is 5.83. The lowest BCUT2D eigenvalue weighted by Gasteiger charge is -2.36. The van der Waals surface area contributed by atoms with E-state index in [0.29, 0.717) is 6.10 Å². The van der Waals surface area contributed by atoms with Crippen LogP contribution in [0.5, 0.6) is 0 Å². The van der Waals surface area contributed by atoms with Gasteiger partial charge in [-0.15, -0.1) is 0 Å². The van der Waals surface area contributed by atoms with Gasteiger partial charge in [-0.3, -0.25) is 0 Å². The molecule has 3 nitrogen and oxygen atoms in total. The summed E-state index contributed by atoms with van der Waals surface area (Å²) >= 11 is 0. The Balaban J connectivity index is 1.84. The van der Waals surface area contributed by atoms with Gasteiger partial charge in [0.05, 0.1) is 22.9 Å². The van der Waals surface area contributed by atoms with Crippen molar-refractivity contribution in [2.75, 3.05) is 0 Å². The molecule has 0 unspecified atom stereocenters. The third-order valence-electron chi connectivity index (χ3n) is 6.01. The Kier molecular flexibility index (Phi) is 3.32. The molecule has 3 rings (SSSR count). The number of hydrogen-bond donors (Lipinski definition) is 2. The first-order valence-corrected chi connectivity index (χ1v) is 8.04. The summed E-state index contributed by atoms with van der Waals surface area (Å²) in [5.74, 6) is 0.220. The van der Waals surface area contributed by atoms with Gasteiger partial charge in [-0.05, 0) is 65.2 Å². The van der Waals surface area contributed by atoms with Crippen molar-refractivity contribution in [2.24, 2.45) is 11.8 Å². The maximum atomic E-state index is 10.9. The molecule has 6 atom stereocenters. The van der Waals surface area contributed by atoms with Crippen molar-refractivity contribution in [3.8, 4) is 0 Å². The molecule has 3 aliphatic rings. The summed E-state index contributed by atoms with van der Waals surface area (Å²) in [6.45, 7) is 6.03. The first kappa shape index (κ1) is 14.6. The average molecular weight is 280 g/mol. The summed E-state index contributed by atoms with van der Waals surface area (Å²) in [7, 11) is 0. The molecular weight excluding hydrogens is 252 g/mol. The zero-order chi connectivity index (χ0) is 14.6. The highest BCUT2D eigenvalue weighted by molar-refractivity contribution is 5.11. The molecule has 3 heteroatoms. The van der Waals surface area contributed by atoms with Gasteiger partial charge >= 0.3 is 0 Å². The van der Waals surface area contributed by atoms with E-state index in [1.807, 2.05) is 13.8 Å². The van der Waals surface area contributed by atoms with E-state index in [0.717, 1.165) is 38.5 Å². The molecule has 0 radical (unpaired) electrons. The summed E-state index contributed by atoms with van der Waals surface area (Å²) in [5, 5.41) is 21.5. The lowest BCUT2D eigenvalue weighted by molar-refractivity contribution is -0.0475. The molecule has 1 heterocycles. The Bertz CT molecular complexity index is 412. The standard InChI is InChI=1S/C17H28O3/c1-15(18)10-7-13-12(15)6-4-5-9-17(3)14(20-17)8-11-16(13,2)19/h4,6,12-14,18-19H,5,7-11H2,1-3H3/b6-4+/t12-,13+,14+,15+,16+,17+/m0/s1. The second-order valence-electron chi connectivity index (χ2n) is 7.81. The Labute approximate surface area is 122 Å². The van der Waals surface area contributed by atoms with Crippen LogP contribution in [-0.4, -0.2) is 33.1 Å². The third-order valence-corrected chi connectivity index (χ3v) is 6.01. The van der Waals surface area contributed by atoms with E-state index in [-0.39, 0.29) is 17.4 Å². The highest BCUT2D eigenvalue weighted by Gasteiger charge is 2.54. The van der Waals surface area contributed by atoms with Crippen molar-refractivity contribution < 1.29 is 14.9 Å². The fraction of sp³-hybridized carbons (Fsp3) is 0.882. The van der Waals surface area contributed by atoms with Crippen molar-refractivity contribution in [2.45, 2.75) is 82.2 Å². The van der Waals surface area contributed by atoms with Gasteiger partial charge in [-0.25, -0.2) is 0 Å². The van der Waals surface area contributed by atoms with Crippen LogP contribution >= 0.6 is 0 Å². The Morgan fingerprint density at radius 1 is 1.00 bits per heavy atom. The number of aliphatic hydroxyl groups is 2. The second kappa shape index (κ2) is 4.56. The number of allylic oxidation sites excluding steroid dienone is 1. The minimum absolute atomic E-state index is 0.0163. The van der Waals surface area contributed by atoms with E-state index >= 15 is 0 Å². The van der Waals surface area contributed by atoms with Gasteiger partial charge in [0.2, 0.25) is 0 Å². The second-order valence-corrected chi connectivity index (χ2v) is 7.81. The molecule has 0 aromatic carbocycles. The van der Waals surface area contributed by atoms with Gasteiger partial charge < -0.3 is 14.9 Å². The smallest absolute Gasteiger partial charge is 0.0923 e. The predicted octanol–water partition coefficient (Wildman–Crippen LogP) is 2.80. The van der Waals surface area contributed by atoms with E-state index < -0.39 is 11.2 Å². The maximum Gasteiger partial charge on any atom is 0.0923 e. The molecular formula is C17H28O3. The molecule has 0 amide bonds. The molecule has 0 aromatic heterocycles. The highest BCUT2D eigenvalue weighted by Crippen LogP contribution is 2.50. The first-order chi connectivity index (χ1) is 9.25. The van der Waals surface area contributed by atoms with Gasteiger partial charge in [0.25, 0.3) is 0 Å². The molecule has 1 saturated heterocycles. The van der Waals surface area contributed by atoms with Crippen LogP contribution in [0.3, 0.4) is 0 Å². The molecule has 20 heavy (non-hydrogen) atoms. The average Bonchev–Trinajstić information content (AvgIpc) is 2.88. The molecule has 2 fully saturated rings. The largest absolute Gasteiger partial charge is 0.390 e. The van der Waals surface area contributed by atoms with Gasteiger partial charge in [0.15, 0.2) is 0 Å². The number of ether oxygens (including phenoxy) is 1. The fourth-order valence-electron chi connectivity index (χ4n) is 4.36. The third kappa shape index (κ3) is 2.44. The molecule has 2 aliphatic carbocycles. The molecule has 1 aliphatic heterocycles. The van der Waals surface area contributed by atoms with E-state index in [1.165, 1.54) is 0 Å². The van der Waals surface area contributed by atoms with Crippen molar-refractivity contribution >= 4 is 0 Å². The van der Waals surface area contributed by atoms with E-state index in [2.05, 4.69) is 19.1 Å². The first-order valence-electron chi connectivity index (χ1n) is 8.04. The summed E-state index contributed by atoms with van der Waals surface area (Å²) in [4.78, 5) is 0. The topological polar surface area (TPSA) is 53.0 Å². The van der Waals surface area contributed by atoms with Gasteiger partial charge in [-0.1, -0.05) is 12.2 Å². The zero-order valence-corrected chi connectivity index (χ0v) is 12.9. The molecule has 1 saturated carbocycles. The predicted molar refractivity (Wildman–Crippen MR) is 78.3 cm³/mol. The summed E-state index contributed by atoms with van der Waals surface area (Å²) in [6.07, 6.45) is 10.0. The summed E-state index contributed by atoms with van der Waals surface area (Å²) in [6, 6.07) is 0.